The minimum Gasteiger partial charge on any atom is -0.313 e. The van der Waals surface area contributed by atoms with E-state index in [1.54, 1.807) is 0 Å². The number of rotatable bonds is 5. The number of hydrogen-bond acceptors (Lipinski definition) is 2. The Bertz CT molecular complexity index is 246. The van der Waals surface area contributed by atoms with E-state index in [2.05, 4.69) is 32.3 Å². The molecule has 2 rings (SSSR count). The quantitative estimate of drug-likeness (QED) is 0.739. The van der Waals surface area contributed by atoms with E-state index in [1.807, 2.05) is 11.8 Å². The van der Waals surface area contributed by atoms with Crippen LogP contribution in [-0.4, -0.2) is 24.6 Å². The average Bonchev–Trinajstić information content (AvgIpc) is 2.68. The third kappa shape index (κ3) is 2.03. The summed E-state index contributed by atoms with van der Waals surface area (Å²) in [7, 11) is 0. The van der Waals surface area contributed by atoms with Gasteiger partial charge in [0.25, 0.3) is 0 Å². The predicted octanol–water partition coefficient (Wildman–Crippen LogP) is 3.54. The molecule has 0 aromatic rings. The lowest BCUT2D eigenvalue weighted by Gasteiger charge is -2.43. The summed E-state index contributed by atoms with van der Waals surface area (Å²) >= 11 is 1.96. The van der Waals surface area contributed by atoms with Crippen LogP contribution in [-0.2, 0) is 0 Å². The van der Waals surface area contributed by atoms with E-state index in [1.165, 1.54) is 38.0 Å². The van der Waals surface area contributed by atoms with Gasteiger partial charge in [-0.2, -0.15) is 11.8 Å². The smallest absolute Gasteiger partial charge is 0.0175 e. The third-order valence-electron chi connectivity index (χ3n) is 5.14. The van der Waals surface area contributed by atoms with E-state index in [9.17, 15) is 0 Å². The molecule has 3 unspecified atom stereocenters. The molecule has 0 aromatic heterocycles. The molecular weight excluding hydrogens is 214 g/mol. The molecule has 2 aliphatic carbocycles. The Kier molecular flexibility index (Phi) is 3.61. The Morgan fingerprint density at radius 3 is 2.62 bits per heavy atom. The number of hydrogen-bond donors (Lipinski definition) is 1. The van der Waals surface area contributed by atoms with E-state index in [-0.39, 0.29) is 0 Å². The largest absolute Gasteiger partial charge is 0.313 e. The fourth-order valence-electron chi connectivity index (χ4n) is 4.27. The van der Waals surface area contributed by atoms with Crippen molar-refractivity contribution in [3.05, 3.63) is 0 Å². The molecule has 2 fully saturated rings. The number of fused-ring (bicyclic) bond motifs is 2. The average molecular weight is 241 g/mol. The molecule has 2 aliphatic rings. The summed E-state index contributed by atoms with van der Waals surface area (Å²) in [4.78, 5) is 0. The summed E-state index contributed by atoms with van der Waals surface area (Å²) in [5.74, 6) is 2.26. The van der Waals surface area contributed by atoms with Crippen LogP contribution >= 0.6 is 11.8 Å². The number of thioether (sulfide) groups is 1. The van der Waals surface area contributed by atoms with Gasteiger partial charge in [-0.25, -0.2) is 0 Å². The highest BCUT2D eigenvalue weighted by atomic mass is 32.2. The van der Waals surface area contributed by atoms with E-state index >= 15 is 0 Å². The lowest BCUT2D eigenvalue weighted by atomic mass is 9.68. The highest BCUT2D eigenvalue weighted by Gasteiger charge is 2.58. The van der Waals surface area contributed by atoms with Crippen LogP contribution in [0.25, 0.3) is 0 Å². The zero-order valence-electron chi connectivity index (χ0n) is 11.3. The van der Waals surface area contributed by atoms with Crippen LogP contribution in [0.15, 0.2) is 0 Å². The normalized spacial score (nSPS) is 40.5. The van der Waals surface area contributed by atoms with Crippen LogP contribution in [0.3, 0.4) is 0 Å². The van der Waals surface area contributed by atoms with Crippen molar-refractivity contribution in [1.29, 1.82) is 0 Å². The highest BCUT2D eigenvalue weighted by Crippen LogP contribution is 2.62. The maximum Gasteiger partial charge on any atom is 0.0175 e. The summed E-state index contributed by atoms with van der Waals surface area (Å²) in [5.41, 5.74) is 1.11. The second kappa shape index (κ2) is 4.53. The highest BCUT2D eigenvalue weighted by molar-refractivity contribution is 7.98. The molecule has 3 atom stereocenters. The van der Waals surface area contributed by atoms with Crippen LogP contribution in [0.4, 0.5) is 0 Å². The van der Waals surface area contributed by atoms with Crippen LogP contribution in [0.5, 0.6) is 0 Å². The molecular formula is C14H27NS. The zero-order valence-corrected chi connectivity index (χ0v) is 12.1. The maximum atomic E-state index is 3.87. The molecule has 0 aliphatic heterocycles. The fourth-order valence-corrected chi connectivity index (χ4v) is 4.71. The lowest BCUT2D eigenvalue weighted by Crippen LogP contribution is -2.50. The van der Waals surface area contributed by atoms with Crippen LogP contribution in [0.2, 0.25) is 0 Å². The molecule has 94 valence electrons. The van der Waals surface area contributed by atoms with Crippen molar-refractivity contribution in [2.45, 2.75) is 52.5 Å². The third-order valence-corrected chi connectivity index (χ3v) is 5.84. The van der Waals surface area contributed by atoms with Crippen molar-refractivity contribution in [2.75, 3.05) is 18.6 Å². The van der Waals surface area contributed by atoms with Gasteiger partial charge in [0.05, 0.1) is 0 Å². The first-order valence-corrected chi connectivity index (χ1v) is 8.12. The van der Waals surface area contributed by atoms with Gasteiger partial charge in [0.2, 0.25) is 0 Å². The maximum absolute atomic E-state index is 3.87. The molecule has 2 bridgehead atoms. The van der Waals surface area contributed by atoms with Gasteiger partial charge in [-0.15, -0.1) is 0 Å². The van der Waals surface area contributed by atoms with Gasteiger partial charge >= 0.3 is 0 Å². The molecule has 0 aromatic carbocycles. The van der Waals surface area contributed by atoms with Gasteiger partial charge in [0.15, 0.2) is 0 Å². The van der Waals surface area contributed by atoms with Crippen molar-refractivity contribution in [1.82, 2.24) is 5.32 Å². The SMILES string of the molecule is CSCCCNC1C2(C)CCC(C2)C1(C)C. The summed E-state index contributed by atoms with van der Waals surface area (Å²) in [6.07, 6.45) is 7.88. The van der Waals surface area contributed by atoms with E-state index < -0.39 is 0 Å². The molecule has 0 saturated heterocycles. The van der Waals surface area contributed by atoms with Crippen molar-refractivity contribution in [3.63, 3.8) is 0 Å². The molecule has 2 heteroatoms. The molecule has 1 nitrogen and oxygen atoms in total. The standard InChI is InChI=1S/C14H27NS/c1-13(2)11-6-7-14(3,10-11)12(13)15-8-5-9-16-4/h11-12,15H,5-10H2,1-4H3. The van der Waals surface area contributed by atoms with Crippen LogP contribution < -0.4 is 5.32 Å². The Morgan fingerprint density at radius 1 is 1.31 bits per heavy atom. The van der Waals surface area contributed by atoms with Crippen molar-refractivity contribution in [2.24, 2.45) is 16.7 Å². The van der Waals surface area contributed by atoms with Gasteiger partial charge in [-0.1, -0.05) is 20.8 Å². The van der Waals surface area contributed by atoms with Crippen LogP contribution in [0, 0.1) is 16.7 Å². The molecule has 0 spiro atoms. The number of nitrogens with one attached hydrogen (secondary N) is 1. The van der Waals surface area contributed by atoms with Crippen LogP contribution in [0.1, 0.15) is 46.5 Å². The van der Waals surface area contributed by atoms with Gasteiger partial charge in [0.1, 0.15) is 0 Å². The topological polar surface area (TPSA) is 12.0 Å². The minimum absolute atomic E-state index is 0.520. The summed E-state index contributed by atoms with van der Waals surface area (Å²) in [6, 6.07) is 0.751. The van der Waals surface area contributed by atoms with Gasteiger partial charge in [-0.3, -0.25) is 0 Å². The van der Waals surface area contributed by atoms with Gasteiger partial charge in [0, 0.05) is 6.04 Å². The molecule has 2 saturated carbocycles. The molecule has 0 amide bonds. The lowest BCUT2D eigenvalue weighted by molar-refractivity contribution is 0.110. The van der Waals surface area contributed by atoms with E-state index in [0.29, 0.717) is 10.8 Å². The Morgan fingerprint density at radius 2 is 2.06 bits per heavy atom. The van der Waals surface area contributed by atoms with Crippen molar-refractivity contribution in [3.8, 4) is 0 Å². The summed E-state index contributed by atoms with van der Waals surface area (Å²) in [6.45, 7) is 8.67. The first-order valence-electron chi connectivity index (χ1n) is 6.73. The second-order valence-corrected chi connectivity index (χ2v) is 7.63. The fraction of sp³-hybridized carbons (Fsp3) is 1.00. The molecule has 0 radical (unpaired) electrons. The first kappa shape index (κ1) is 12.8. The monoisotopic (exact) mass is 241 g/mol. The summed E-state index contributed by atoms with van der Waals surface area (Å²) in [5, 5.41) is 3.87. The van der Waals surface area contributed by atoms with E-state index in [4.69, 9.17) is 0 Å². The van der Waals surface area contributed by atoms with Gasteiger partial charge < -0.3 is 5.32 Å². The Hall–Kier alpha value is 0.310. The summed E-state index contributed by atoms with van der Waals surface area (Å²) < 4.78 is 0. The zero-order chi connectivity index (χ0) is 11.8. The molecule has 1 N–H and O–H groups in total. The van der Waals surface area contributed by atoms with Crippen molar-refractivity contribution < 1.29 is 0 Å². The molecule has 16 heavy (non-hydrogen) atoms. The first-order chi connectivity index (χ1) is 7.50. The Labute approximate surface area is 105 Å². The van der Waals surface area contributed by atoms with Crippen molar-refractivity contribution >= 4 is 11.8 Å². The minimum atomic E-state index is 0.520. The van der Waals surface area contributed by atoms with E-state index in [0.717, 1.165) is 12.0 Å². The molecule has 0 heterocycles. The second-order valence-electron chi connectivity index (χ2n) is 6.65. The predicted molar refractivity (Wildman–Crippen MR) is 74.0 cm³/mol. The van der Waals surface area contributed by atoms with Gasteiger partial charge in [-0.05, 0) is 61.0 Å². The Balaban J connectivity index is 1.92.